The summed E-state index contributed by atoms with van der Waals surface area (Å²) in [6.45, 7) is 10.3. The zero-order chi connectivity index (χ0) is 66.8. The number of hydrogen-bond acceptors (Lipinski definition) is 25. The largest absolute Gasteiger partial charge is 1.00 e. The Morgan fingerprint density at radius 3 is 1.24 bits per heavy atom. The van der Waals surface area contributed by atoms with Crippen molar-refractivity contribution in [1.82, 2.24) is 60.5 Å². The number of methoxy groups -OCH3 is 1. The summed E-state index contributed by atoms with van der Waals surface area (Å²) in [5, 5.41) is 35.6. The number of nitrogens with two attached hydrogens (primary N) is 2. The number of nitrogens with one attached hydrogen (secondary N) is 1. The van der Waals surface area contributed by atoms with E-state index in [0.29, 0.717) is 48.4 Å². The smallest absolute Gasteiger partial charge is 1.00 e. The summed E-state index contributed by atoms with van der Waals surface area (Å²) in [6.07, 6.45) is 31.5. The fourth-order valence-electron chi connectivity index (χ4n) is 13.3. The maximum Gasteiger partial charge on any atom is 1.00 e. The average Bonchev–Trinajstić information content (AvgIpc) is 1.62. The van der Waals surface area contributed by atoms with Crippen molar-refractivity contribution in [3.8, 4) is 40.1 Å². The molecular weight excluding hydrogens is 1490 g/mol. The third kappa shape index (κ3) is 17.4. The molecule has 4 aromatic carbocycles. The van der Waals surface area contributed by atoms with Gasteiger partial charge in [-0.3, -0.25) is 19.7 Å². The van der Waals surface area contributed by atoms with Crippen LogP contribution in [0.15, 0.2) is 148 Å². The zero-order valence-electron chi connectivity index (χ0n) is 57.5. The number of nitrogens with zero attached hydrogens (tertiary/aromatic N) is 15. The topological polar surface area (TPSA) is 326 Å². The van der Waals surface area contributed by atoms with E-state index in [2.05, 4.69) is 146 Å². The van der Waals surface area contributed by atoms with Crippen LogP contribution in [0.2, 0.25) is 0 Å². The normalized spacial score (nSPS) is 17.2. The number of aromatic nitrogens is 12. The van der Waals surface area contributed by atoms with Gasteiger partial charge in [0.1, 0.15) is 23.2 Å². The van der Waals surface area contributed by atoms with Crippen LogP contribution in [0, 0.1) is 0 Å². The Bertz CT molecular complexity index is 4360. The first-order valence-electron chi connectivity index (χ1n) is 32.9. The first-order chi connectivity index (χ1) is 47.5. The molecule has 3 saturated heterocycles. The molecule has 3 atom stereocenters. The molecule has 25 nitrogen and oxygen atoms in total. The molecular formula is C72H76Cs2N18O7. The third-order valence-corrected chi connectivity index (χ3v) is 18.5. The van der Waals surface area contributed by atoms with Crippen LogP contribution in [-0.2, 0) is 35.5 Å². The Balaban J connectivity index is 0.000000157. The van der Waals surface area contributed by atoms with E-state index in [9.17, 15) is 0 Å². The Morgan fingerprint density at radius 2 is 0.899 bits per heavy atom. The summed E-state index contributed by atoms with van der Waals surface area (Å²) in [4.78, 5) is 46.8. The van der Waals surface area contributed by atoms with Gasteiger partial charge < -0.3 is 61.0 Å². The summed E-state index contributed by atoms with van der Waals surface area (Å²) in [6, 6.07) is 28.5. The number of hydrogen-bond donors (Lipinski definition) is 3. The van der Waals surface area contributed by atoms with Gasteiger partial charge in [0.2, 0.25) is 17.7 Å². The van der Waals surface area contributed by atoms with Crippen LogP contribution in [-0.4, -0.2) is 112 Å². The third-order valence-electron chi connectivity index (χ3n) is 18.5. The summed E-state index contributed by atoms with van der Waals surface area (Å²) in [7, 11) is 1.66. The van der Waals surface area contributed by atoms with Gasteiger partial charge in [0.15, 0.2) is 0 Å². The number of anilines is 6. The van der Waals surface area contributed by atoms with Crippen LogP contribution >= 0.6 is 0 Å². The molecule has 0 amide bonds. The van der Waals surface area contributed by atoms with Crippen molar-refractivity contribution in [3.05, 3.63) is 190 Å². The van der Waals surface area contributed by atoms with Crippen molar-refractivity contribution in [3.63, 3.8) is 0 Å². The minimum absolute atomic E-state index is 0. The minimum atomic E-state index is -0.181. The molecule has 5 N–H and O–H groups in total. The fourth-order valence-corrected chi connectivity index (χ4v) is 13.3. The van der Waals surface area contributed by atoms with E-state index < -0.39 is 0 Å². The number of ether oxygens (including phenoxy) is 1. The Hall–Kier alpha value is -7.11. The predicted octanol–water partition coefficient (Wildman–Crippen LogP) is 5.02. The molecule has 3 unspecified atom stereocenters. The van der Waals surface area contributed by atoms with E-state index in [1.807, 2.05) is 79.6 Å². The molecule has 10 aromatic rings. The van der Waals surface area contributed by atoms with Gasteiger partial charge in [0, 0.05) is 77.7 Å². The van der Waals surface area contributed by atoms with Crippen LogP contribution in [0.1, 0.15) is 136 Å². The van der Waals surface area contributed by atoms with Gasteiger partial charge in [-0.15, -0.1) is 15.3 Å². The Morgan fingerprint density at radius 1 is 0.525 bits per heavy atom. The van der Waals surface area contributed by atoms with Gasteiger partial charge >= 0.3 is 156 Å². The van der Waals surface area contributed by atoms with Crippen LogP contribution in [0.5, 0.6) is 5.75 Å². The molecule has 0 radical (unpaired) electrons. The van der Waals surface area contributed by atoms with Gasteiger partial charge in [0.25, 0.3) is 6.47 Å². The monoisotopic (exact) mass is 1570 g/mol. The second kappa shape index (κ2) is 34.5. The van der Waals surface area contributed by atoms with Crippen molar-refractivity contribution >= 4 is 58.7 Å². The number of benzene rings is 4. The maximum absolute atomic E-state index is 8.64. The van der Waals surface area contributed by atoms with E-state index in [0.717, 1.165) is 135 Å². The van der Waals surface area contributed by atoms with E-state index in [-0.39, 0.29) is 158 Å². The van der Waals surface area contributed by atoms with Gasteiger partial charge in [-0.1, -0.05) is 63.9 Å². The maximum atomic E-state index is 8.64. The second-order valence-corrected chi connectivity index (χ2v) is 24.7. The number of rotatable bonds is 14. The van der Waals surface area contributed by atoms with Crippen LogP contribution in [0.4, 0.5) is 35.5 Å². The standard InChI is InChI=1S/C29H30N6O2.2C21H22N6O.CH2O3.2Cs.H/c1-19-5-3-4-14-35(19)27-18-30-17-26(32-27)24-13-10-21-8-9-22(15-25(21)24)28-33-34-29(37-28)31-16-20-6-11-23(36-2)12-7-20;2*1-13-4-2-3-9-27(13)19-12-23-11-18(24-19)16-8-7-14-5-6-15(10-17(14)16)20-25-26-21(22)28-20;2-1-4-3;;;/h6-9,11-13,15,17-19H,3-5,10,14,16H2,1-2H3,(H,31,34);2*5-6,8,10-13H,2-4,7,9H2,1H3,(H2,22,26);1,3H;;;/q;;;;2*+1;-1/p-1. The van der Waals surface area contributed by atoms with Crippen LogP contribution in [0.3, 0.4) is 0 Å². The van der Waals surface area contributed by atoms with Crippen molar-refractivity contribution in [2.24, 2.45) is 0 Å². The molecule has 9 heterocycles. The summed E-state index contributed by atoms with van der Waals surface area (Å²) in [5.41, 5.74) is 28.0. The average molecular weight is 1570 g/mol. The molecule has 3 aliphatic heterocycles. The van der Waals surface area contributed by atoms with Crippen molar-refractivity contribution in [2.45, 2.75) is 122 Å². The molecule has 0 spiro atoms. The molecule has 6 aliphatic rings. The van der Waals surface area contributed by atoms with E-state index in [1.54, 1.807) is 7.11 Å². The quantitative estimate of drug-likeness (QED) is 0.0731. The Labute approximate surface area is 692 Å². The molecule has 0 bridgehead atoms. The molecule has 0 saturated carbocycles. The van der Waals surface area contributed by atoms with Crippen LogP contribution < -0.4 is 179 Å². The van der Waals surface area contributed by atoms with E-state index >= 15 is 0 Å². The number of piperidine rings is 3. The fraction of sp³-hybridized carbons (Fsp3) is 0.319. The molecule has 498 valence electrons. The Kier molecular flexibility index (Phi) is 25.5. The predicted molar refractivity (Wildman–Crippen MR) is 367 cm³/mol. The molecule has 3 fully saturated rings. The van der Waals surface area contributed by atoms with E-state index in [1.165, 1.54) is 74.5 Å². The summed E-state index contributed by atoms with van der Waals surface area (Å²) in [5.74, 6) is 5.03. The molecule has 3 aliphatic carbocycles. The first kappa shape index (κ1) is 73.1. The van der Waals surface area contributed by atoms with Gasteiger partial charge in [-0.05, 0) is 185 Å². The number of carbonyl (C=O) groups is 1. The van der Waals surface area contributed by atoms with E-state index in [4.69, 9.17) is 54.5 Å². The van der Waals surface area contributed by atoms with Gasteiger partial charge in [0.05, 0.1) is 61.4 Å². The van der Waals surface area contributed by atoms with Gasteiger partial charge in [-0.2, -0.15) is 0 Å². The van der Waals surface area contributed by atoms with Crippen molar-refractivity contribution in [1.29, 1.82) is 0 Å². The molecule has 99 heavy (non-hydrogen) atoms. The number of fused-ring (bicyclic) bond motifs is 3. The second-order valence-electron chi connectivity index (χ2n) is 24.7. The molecule has 27 heteroatoms. The SMILES string of the molecule is CC1CCCCN1c1cncc(C2=CCc3ccc(-c4nnc(N)o4)cc32)n1.CC1CCCCN1c1cncc(C2=CCc3ccc(-c4nnc(N)o4)cc32)n1.COc1ccc(CNc2nnc(-c3ccc4c(c3)C(c3cncc(N5CCCCC5C)n3)=CC4)o2)cc1.O=CO[O-].[Cs+].[Cs+].[H-]. The number of carbonyl (C=O) groups excluding carboxylic acids is 1. The molecule has 6 aromatic heterocycles. The summed E-state index contributed by atoms with van der Waals surface area (Å²) < 4.78 is 21.9. The minimum Gasteiger partial charge on any atom is -1.00 e. The zero-order valence-corrected chi connectivity index (χ0v) is 69.1. The first-order valence-corrected chi connectivity index (χ1v) is 32.9. The number of nitrogen functional groups attached to an aromatic ring is 2. The van der Waals surface area contributed by atoms with Gasteiger partial charge in [-0.25, -0.2) is 15.0 Å². The van der Waals surface area contributed by atoms with Crippen molar-refractivity contribution < 1.29 is 172 Å². The van der Waals surface area contributed by atoms with Crippen LogP contribution in [0.25, 0.3) is 51.1 Å². The molecule has 16 rings (SSSR count). The number of allylic oxidation sites excluding steroid dienone is 3. The van der Waals surface area contributed by atoms with Crippen molar-refractivity contribution in [2.75, 3.05) is 58.2 Å². The summed E-state index contributed by atoms with van der Waals surface area (Å²) >= 11 is 0.